The second-order valence-corrected chi connectivity index (χ2v) is 5.52. The highest BCUT2D eigenvalue weighted by Gasteiger charge is 2.65. The summed E-state index contributed by atoms with van der Waals surface area (Å²) in [6, 6.07) is 8.32. The van der Waals surface area contributed by atoms with Gasteiger partial charge in [0.05, 0.1) is 24.1 Å². The van der Waals surface area contributed by atoms with Crippen LogP contribution in [0.5, 0.6) is 0 Å². The van der Waals surface area contributed by atoms with E-state index in [2.05, 4.69) is 0 Å². The van der Waals surface area contributed by atoms with Gasteiger partial charge in [-0.25, -0.2) is 0 Å². The monoisotopic (exact) mass is 308 g/mol. The van der Waals surface area contributed by atoms with Crippen LogP contribution in [0.15, 0.2) is 16.5 Å². The molecule has 1 aliphatic carbocycles. The Hall–Kier alpha value is -3.24. The molecular formula is C16H12N4O3. The number of nitrogens with one attached hydrogen (secondary N) is 1. The van der Waals surface area contributed by atoms with Gasteiger partial charge in [0.15, 0.2) is 17.0 Å². The molecule has 1 saturated carbocycles. The first-order valence-electron chi connectivity index (χ1n) is 6.77. The van der Waals surface area contributed by atoms with Crippen molar-refractivity contribution in [3.05, 3.63) is 23.7 Å². The van der Waals surface area contributed by atoms with E-state index in [0.717, 1.165) is 0 Å². The molecule has 2 atom stereocenters. The van der Waals surface area contributed by atoms with Crippen LogP contribution in [0.1, 0.15) is 29.2 Å². The number of nitriles is 3. The van der Waals surface area contributed by atoms with Crippen molar-refractivity contribution >= 4 is 17.8 Å². The van der Waals surface area contributed by atoms with E-state index < -0.39 is 29.0 Å². The quantitative estimate of drug-likeness (QED) is 0.665. The molecule has 0 radical (unpaired) electrons. The van der Waals surface area contributed by atoms with Gasteiger partial charge < -0.3 is 14.6 Å². The Kier molecular flexibility index (Phi) is 3.87. The minimum atomic E-state index is -1.96. The number of hydrogen-bond donors (Lipinski definition) is 1. The fourth-order valence-electron chi connectivity index (χ4n) is 2.93. The molecule has 1 aromatic rings. The molecule has 1 unspecified atom stereocenters. The Morgan fingerprint density at radius 3 is 2.48 bits per heavy atom. The molecule has 1 N–H and O–H groups in total. The van der Waals surface area contributed by atoms with Crippen LogP contribution < -0.4 is 0 Å². The highest BCUT2D eigenvalue weighted by molar-refractivity contribution is 6.08. The predicted molar refractivity (Wildman–Crippen MR) is 76.0 cm³/mol. The largest absolute Gasteiger partial charge is 0.458 e. The molecule has 0 saturated heterocycles. The van der Waals surface area contributed by atoms with E-state index in [-0.39, 0.29) is 17.9 Å². The third-order valence-electron chi connectivity index (χ3n) is 4.26. The first-order chi connectivity index (χ1) is 10.9. The molecule has 0 spiro atoms. The lowest BCUT2D eigenvalue weighted by molar-refractivity contribution is -0.109. The zero-order chi connectivity index (χ0) is 17.3. The molecule has 0 aliphatic heterocycles. The van der Waals surface area contributed by atoms with E-state index >= 15 is 0 Å². The molecule has 1 aliphatic rings. The summed E-state index contributed by atoms with van der Waals surface area (Å²) in [7, 11) is 0. The number of aldehydes is 1. The van der Waals surface area contributed by atoms with Crippen LogP contribution in [-0.4, -0.2) is 17.8 Å². The standard InChI is InChI=1S/C16H12N4O3/c1-10-2-3-13(23-10)12(22)5-16(9-19)14(20)11(6-21)4-15(16,7-17)8-18/h2-3,6,11,20H,4-5H2,1H3/t11?,16-/m0/s1. The van der Waals surface area contributed by atoms with Crippen LogP contribution in [0.3, 0.4) is 0 Å². The van der Waals surface area contributed by atoms with Crippen LogP contribution >= 0.6 is 0 Å². The number of carbonyl (C=O) groups is 2. The summed E-state index contributed by atoms with van der Waals surface area (Å²) >= 11 is 0. The maximum absolute atomic E-state index is 12.4. The molecule has 114 valence electrons. The molecular weight excluding hydrogens is 296 g/mol. The van der Waals surface area contributed by atoms with Gasteiger partial charge in [-0.15, -0.1) is 0 Å². The third-order valence-corrected chi connectivity index (χ3v) is 4.26. The van der Waals surface area contributed by atoms with Gasteiger partial charge in [0.1, 0.15) is 17.5 Å². The summed E-state index contributed by atoms with van der Waals surface area (Å²) in [4.78, 5) is 23.5. The summed E-state index contributed by atoms with van der Waals surface area (Å²) < 4.78 is 5.20. The number of nitrogens with zero attached hydrogens (tertiary/aromatic N) is 3. The maximum atomic E-state index is 12.4. The van der Waals surface area contributed by atoms with E-state index in [1.54, 1.807) is 31.2 Å². The fourth-order valence-corrected chi connectivity index (χ4v) is 2.93. The number of furan rings is 1. The van der Waals surface area contributed by atoms with Crippen molar-refractivity contribution in [2.45, 2.75) is 19.8 Å². The minimum Gasteiger partial charge on any atom is -0.458 e. The number of hydrogen-bond acceptors (Lipinski definition) is 7. The Bertz CT molecular complexity index is 804. The van der Waals surface area contributed by atoms with Crippen molar-refractivity contribution in [1.29, 1.82) is 21.2 Å². The van der Waals surface area contributed by atoms with Crippen molar-refractivity contribution in [1.82, 2.24) is 0 Å². The van der Waals surface area contributed by atoms with E-state index in [4.69, 9.17) is 9.83 Å². The van der Waals surface area contributed by atoms with Crippen LogP contribution in [-0.2, 0) is 4.79 Å². The lowest BCUT2D eigenvalue weighted by atomic mass is 9.64. The van der Waals surface area contributed by atoms with Gasteiger partial charge in [0.2, 0.25) is 0 Å². The minimum absolute atomic E-state index is 0.00995. The Morgan fingerprint density at radius 2 is 2.04 bits per heavy atom. The highest BCUT2D eigenvalue weighted by Crippen LogP contribution is 2.54. The SMILES string of the molecule is Cc1ccc(C(=O)C[C@]2(C#N)C(=N)C(C=O)CC2(C#N)C#N)o1. The Morgan fingerprint density at radius 1 is 1.39 bits per heavy atom. The van der Waals surface area contributed by atoms with Crippen molar-refractivity contribution in [2.75, 3.05) is 0 Å². The van der Waals surface area contributed by atoms with Gasteiger partial charge >= 0.3 is 0 Å². The van der Waals surface area contributed by atoms with Gasteiger partial charge in [-0.2, -0.15) is 15.8 Å². The zero-order valence-corrected chi connectivity index (χ0v) is 12.3. The average molecular weight is 308 g/mol. The summed E-state index contributed by atoms with van der Waals surface area (Å²) in [6.07, 6.45) is -0.381. The van der Waals surface area contributed by atoms with Crippen LogP contribution in [0, 0.1) is 63.1 Å². The van der Waals surface area contributed by atoms with Crippen molar-refractivity contribution in [2.24, 2.45) is 16.7 Å². The van der Waals surface area contributed by atoms with Crippen LogP contribution in [0.2, 0.25) is 0 Å². The molecule has 2 rings (SSSR count). The molecule has 1 heterocycles. The lowest BCUT2D eigenvalue weighted by Crippen LogP contribution is -2.41. The van der Waals surface area contributed by atoms with Crippen molar-refractivity contribution in [3.63, 3.8) is 0 Å². The van der Waals surface area contributed by atoms with E-state index in [1.807, 2.05) is 0 Å². The molecule has 1 fully saturated rings. The lowest BCUT2D eigenvalue weighted by Gasteiger charge is -2.29. The molecule has 23 heavy (non-hydrogen) atoms. The van der Waals surface area contributed by atoms with E-state index in [0.29, 0.717) is 12.0 Å². The molecule has 1 aromatic heterocycles. The third kappa shape index (κ3) is 2.13. The topological polar surface area (TPSA) is 142 Å². The molecule has 0 aromatic carbocycles. The molecule has 7 heteroatoms. The van der Waals surface area contributed by atoms with Crippen LogP contribution in [0.4, 0.5) is 0 Å². The summed E-state index contributed by atoms with van der Waals surface area (Å²) in [5.74, 6) is -1.13. The summed E-state index contributed by atoms with van der Waals surface area (Å²) in [6.45, 7) is 1.64. The van der Waals surface area contributed by atoms with Gasteiger partial charge in [-0.3, -0.25) is 4.79 Å². The van der Waals surface area contributed by atoms with E-state index in [1.165, 1.54) is 6.07 Å². The summed E-state index contributed by atoms with van der Waals surface area (Å²) in [5.41, 5.74) is -4.24. The van der Waals surface area contributed by atoms with Gasteiger partial charge in [-0.1, -0.05) is 0 Å². The second-order valence-electron chi connectivity index (χ2n) is 5.52. The number of aryl methyl sites for hydroxylation is 1. The average Bonchev–Trinajstić information content (AvgIpc) is 3.09. The number of ketones is 1. The fraction of sp³-hybridized carbons (Fsp3) is 0.375. The Labute approximate surface area is 132 Å². The first kappa shape index (κ1) is 16.1. The zero-order valence-electron chi connectivity index (χ0n) is 12.3. The molecule has 0 bridgehead atoms. The smallest absolute Gasteiger partial charge is 0.200 e. The number of rotatable bonds is 4. The normalized spacial score (nSPS) is 25.1. The number of carbonyl (C=O) groups excluding carboxylic acids is 2. The van der Waals surface area contributed by atoms with Crippen molar-refractivity contribution in [3.8, 4) is 18.2 Å². The predicted octanol–water partition coefficient (Wildman–Crippen LogP) is 1.94. The number of Topliss-reactive ketones (excluding diaryl/α,β-unsaturated/α-hetero) is 1. The molecule has 7 nitrogen and oxygen atoms in total. The summed E-state index contributed by atoms with van der Waals surface area (Å²) in [5, 5.41) is 36.6. The van der Waals surface area contributed by atoms with E-state index in [9.17, 15) is 25.4 Å². The first-order valence-corrected chi connectivity index (χ1v) is 6.77. The maximum Gasteiger partial charge on any atom is 0.200 e. The van der Waals surface area contributed by atoms with Crippen LogP contribution in [0.25, 0.3) is 0 Å². The van der Waals surface area contributed by atoms with Gasteiger partial charge in [-0.05, 0) is 25.5 Å². The molecule has 0 amide bonds. The Balaban J connectivity index is 2.53. The van der Waals surface area contributed by atoms with Crippen molar-refractivity contribution < 1.29 is 14.0 Å². The second kappa shape index (κ2) is 5.51. The van der Waals surface area contributed by atoms with Gasteiger partial charge in [0.25, 0.3) is 0 Å². The highest BCUT2D eigenvalue weighted by atomic mass is 16.3. The van der Waals surface area contributed by atoms with Gasteiger partial charge in [0, 0.05) is 12.1 Å².